The lowest BCUT2D eigenvalue weighted by atomic mass is 9.98. The van der Waals surface area contributed by atoms with Gasteiger partial charge in [-0.15, -0.1) is 0 Å². The normalized spacial score (nSPS) is 21.2. The van der Waals surface area contributed by atoms with Crippen LogP contribution in [0.2, 0.25) is 5.02 Å². The van der Waals surface area contributed by atoms with Crippen molar-refractivity contribution >= 4 is 11.6 Å². The van der Waals surface area contributed by atoms with Gasteiger partial charge in [0.25, 0.3) is 0 Å². The third-order valence-electron chi connectivity index (χ3n) is 3.52. The van der Waals surface area contributed by atoms with E-state index in [-0.39, 0.29) is 5.82 Å². The van der Waals surface area contributed by atoms with Gasteiger partial charge in [0.15, 0.2) is 0 Å². The molecule has 2 rings (SSSR count). The van der Waals surface area contributed by atoms with Gasteiger partial charge in [-0.2, -0.15) is 0 Å². The minimum Gasteiger partial charge on any atom is -0.312 e. The Hall–Kier alpha value is -0.640. The van der Waals surface area contributed by atoms with E-state index in [0.29, 0.717) is 23.0 Å². The van der Waals surface area contributed by atoms with Crippen LogP contribution in [0.3, 0.4) is 0 Å². The summed E-state index contributed by atoms with van der Waals surface area (Å²) >= 11 is 5.99. The number of nitrogens with zero attached hydrogens (tertiary/aromatic N) is 1. The maximum absolute atomic E-state index is 13.5. The molecule has 1 aliphatic rings. The second kappa shape index (κ2) is 6.50. The number of rotatable bonds is 4. The molecule has 0 aromatic heterocycles. The average Bonchev–Trinajstić information content (AvgIpc) is 2.33. The lowest BCUT2D eigenvalue weighted by Gasteiger charge is -2.29. The molecule has 0 spiro atoms. The molecule has 0 aliphatic carbocycles. The number of halogens is 2. The molecule has 0 radical (unpaired) electrons. The number of piperidine rings is 1. The lowest BCUT2D eigenvalue weighted by Crippen LogP contribution is -2.37. The Morgan fingerprint density at radius 3 is 3.06 bits per heavy atom. The average molecular weight is 271 g/mol. The lowest BCUT2D eigenvalue weighted by molar-refractivity contribution is 0.206. The molecule has 1 atom stereocenters. The molecule has 1 unspecified atom stereocenters. The van der Waals surface area contributed by atoms with E-state index in [4.69, 9.17) is 11.6 Å². The van der Waals surface area contributed by atoms with Crippen molar-refractivity contribution in [1.29, 1.82) is 0 Å². The first-order valence-corrected chi connectivity index (χ1v) is 6.87. The summed E-state index contributed by atoms with van der Waals surface area (Å²) in [4.78, 5) is 2.35. The standard InChI is InChI=1S/C14H20ClFN2/c1-18-7-3-4-11(10-18)8-17-9-12-13(15)5-2-6-14(12)16/h2,5-6,11,17H,3-4,7-10H2,1H3. The summed E-state index contributed by atoms with van der Waals surface area (Å²) in [6.45, 7) is 3.74. The van der Waals surface area contributed by atoms with E-state index in [2.05, 4.69) is 17.3 Å². The zero-order valence-corrected chi connectivity index (χ0v) is 11.5. The van der Waals surface area contributed by atoms with Crippen molar-refractivity contribution in [2.75, 3.05) is 26.7 Å². The molecule has 2 nitrogen and oxygen atoms in total. The first-order valence-electron chi connectivity index (χ1n) is 6.49. The fourth-order valence-corrected chi connectivity index (χ4v) is 2.77. The SMILES string of the molecule is CN1CCCC(CNCc2c(F)cccc2Cl)C1. The van der Waals surface area contributed by atoms with Crippen molar-refractivity contribution in [1.82, 2.24) is 10.2 Å². The number of likely N-dealkylation sites (tertiary alicyclic amines) is 1. The van der Waals surface area contributed by atoms with E-state index in [1.807, 2.05) is 0 Å². The molecule has 1 aromatic rings. The van der Waals surface area contributed by atoms with E-state index < -0.39 is 0 Å². The number of hydrogen-bond acceptors (Lipinski definition) is 2. The van der Waals surface area contributed by atoms with Crippen LogP contribution in [-0.4, -0.2) is 31.6 Å². The highest BCUT2D eigenvalue weighted by atomic mass is 35.5. The van der Waals surface area contributed by atoms with Crippen LogP contribution >= 0.6 is 11.6 Å². The molecule has 4 heteroatoms. The highest BCUT2D eigenvalue weighted by Gasteiger charge is 2.16. The van der Waals surface area contributed by atoms with Crippen LogP contribution < -0.4 is 5.32 Å². The largest absolute Gasteiger partial charge is 0.312 e. The number of hydrogen-bond donors (Lipinski definition) is 1. The fraction of sp³-hybridized carbons (Fsp3) is 0.571. The van der Waals surface area contributed by atoms with Gasteiger partial charge in [-0.3, -0.25) is 0 Å². The molecule has 0 saturated carbocycles. The van der Waals surface area contributed by atoms with Gasteiger partial charge in [0.1, 0.15) is 5.82 Å². The van der Waals surface area contributed by atoms with Crippen LogP contribution in [0.1, 0.15) is 18.4 Å². The molecule has 18 heavy (non-hydrogen) atoms. The Kier molecular flexibility index (Phi) is 4.98. The van der Waals surface area contributed by atoms with Crippen LogP contribution in [0, 0.1) is 11.7 Å². The van der Waals surface area contributed by atoms with E-state index >= 15 is 0 Å². The Bertz CT molecular complexity index is 377. The zero-order valence-electron chi connectivity index (χ0n) is 10.8. The number of nitrogens with one attached hydrogen (secondary N) is 1. The number of benzene rings is 1. The van der Waals surface area contributed by atoms with Crippen LogP contribution in [0.4, 0.5) is 4.39 Å². The Morgan fingerprint density at radius 2 is 2.33 bits per heavy atom. The van der Waals surface area contributed by atoms with Gasteiger partial charge in [0.05, 0.1) is 0 Å². The molecule has 0 bridgehead atoms. The van der Waals surface area contributed by atoms with Gasteiger partial charge in [0.2, 0.25) is 0 Å². The first-order chi connectivity index (χ1) is 8.66. The summed E-state index contributed by atoms with van der Waals surface area (Å²) in [5.74, 6) is 0.435. The molecule has 1 heterocycles. The summed E-state index contributed by atoms with van der Waals surface area (Å²) in [7, 11) is 2.15. The van der Waals surface area contributed by atoms with Crippen molar-refractivity contribution in [2.24, 2.45) is 5.92 Å². The molecule has 1 saturated heterocycles. The van der Waals surface area contributed by atoms with Gasteiger partial charge in [-0.05, 0) is 51.0 Å². The molecule has 1 fully saturated rings. The van der Waals surface area contributed by atoms with Crippen LogP contribution in [0.25, 0.3) is 0 Å². The van der Waals surface area contributed by atoms with Crippen LogP contribution in [0.5, 0.6) is 0 Å². The van der Waals surface area contributed by atoms with Crippen molar-refractivity contribution < 1.29 is 4.39 Å². The van der Waals surface area contributed by atoms with Crippen LogP contribution in [0.15, 0.2) is 18.2 Å². The summed E-state index contributed by atoms with van der Waals surface area (Å²) in [5, 5.41) is 3.83. The van der Waals surface area contributed by atoms with Crippen molar-refractivity contribution in [3.05, 3.63) is 34.6 Å². The second-order valence-corrected chi connectivity index (χ2v) is 5.51. The fourth-order valence-electron chi connectivity index (χ4n) is 2.54. The van der Waals surface area contributed by atoms with Crippen molar-refractivity contribution in [3.63, 3.8) is 0 Å². The first kappa shape index (κ1) is 13.8. The monoisotopic (exact) mass is 270 g/mol. The van der Waals surface area contributed by atoms with Crippen molar-refractivity contribution in [2.45, 2.75) is 19.4 Å². The Balaban J connectivity index is 1.81. The Morgan fingerprint density at radius 1 is 1.50 bits per heavy atom. The smallest absolute Gasteiger partial charge is 0.129 e. The van der Waals surface area contributed by atoms with E-state index in [1.165, 1.54) is 25.5 Å². The molecular formula is C14H20ClFN2. The maximum Gasteiger partial charge on any atom is 0.129 e. The molecule has 1 aliphatic heterocycles. The summed E-state index contributed by atoms with van der Waals surface area (Å²) < 4.78 is 13.5. The van der Waals surface area contributed by atoms with Gasteiger partial charge in [-0.25, -0.2) is 4.39 Å². The minimum absolute atomic E-state index is 0.226. The molecule has 100 valence electrons. The third-order valence-corrected chi connectivity index (χ3v) is 3.87. The molecule has 1 N–H and O–H groups in total. The van der Waals surface area contributed by atoms with Crippen molar-refractivity contribution in [3.8, 4) is 0 Å². The van der Waals surface area contributed by atoms with Gasteiger partial charge < -0.3 is 10.2 Å². The highest BCUT2D eigenvalue weighted by Crippen LogP contribution is 2.19. The molecule has 1 aromatic carbocycles. The predicted octanol–water partition coefficient (Wildman–Crippen LogP) is 2.91. The third kappa shape index (κ3) is 3.67. The molecular weight excluding hydrogens is 251 g/mol. The second-order valence-electron chi connectivity index (χ2n) is 5.10. The van der Waals surface area contributed by atoms with Gasteiger partial charge in [0, 0.05) is 23.7 Å². The molecule has 0 amide bonds. The quantitative estimate of drug-likeness (QED) is 0.905. The maximum atomic E-state index is 13.5. The van der Waals surface area contributed by atoms with Crippen LogP contribution in [-0.2, 0) is 6.54 Å². The summed E-state index contributed by atoms with van der Waals surface area (Å²) in [6, 6.07) is 4.82. The predicted molar refractivity (Wildman–Crippen MR) is 73.3 cm³/mol. The van der Waals surface area contributed by atoms with Gasteiger partial charge in [-0.1, -0.05) is 17.7 Å². The Labute approximate surface area is 113 Å². The summed E-state index contributed by atoms with van der Waals surface area (Å²) in [5.41, 5.74) is 0.573. The zero-order chi connectivity index (χ0) is 13.0. The van der Waals surface area contributed by atoms with E-state index in [9.17, 15) is 4.39 Å². The van der Waals surface area contributed by atoms with Gasteiger partial charge >= 0.3 is 0 Å². The highest BCUT2D eigenvalue weighted by molar-refractivity contribution is 6.31. The van der Waals surface area contributed by atoms with E-state index in [1.54, 1.807) is 12.1 Å². The topological polar surface area (TPSA) is 15.3 Å². The summed E-state index contributed by atoms with van der Waals surface area (Å²) in [6.07, 6.45) is 2.51. The minimum atomic E-state index is -0.226. The van der Waals surface area contributed by atoms with E-state index in [0.717, 1.165) is 13.1 Å².